The Bertz CT molecular complexity index is 929. The molecule has 5 heteroatoms. The van der Waals surface area contributed by atoms with E-state index in [1.165, 1.54) is 22.4 Å². The highest BCUT2D eigenvalue weighted by atomic mass is 16.5. The number of anilines is 1. The van der Waals surface area contributed by atoms with Gasteiger partial charge < -0.3 is 14.5 Å². The molecule has 0 spiro atoms. The van der Waals surface area contributed by atoms with Crippen LogP contribution in [0, 0.1) is 0 Å². The van der Waals surface area contributed by atoms with Gasteiger partial charge in [-0.1, -0.05) is 6.07 Å². The van der Waals surface area contributed by atoms with Crippen LogP contribution in [0.25, 0.3) is 5.52 Å². The van der Waals surface area contributed by atoms with E-state index in [1.54, 1.807) is 0 Å². The van der Waals surface area contributed by atoms with Crippen molar-refractivity contribution in [3.05, 3.63) is 65.5 Å². The lowest BCUT2D eigenvalue weighted by atomic mass is 9.84. The van der Waals surface area contributed by atoms with Gasteiger partial charge in [0.1, 0.15) is 0 Å². The summed E-state index contributed by atoms with van der Waals surface area (Å²) in [7, 11) is 2.22. The van der Waals surface area contributed by atoms with Gasteiger partial charge in [-0.05, 0) is 54.1 Å². The molecular weight excluding hydrogens is 324 g/mol. The highest BCUT2D eigenvalue weighted by molar-refractivity contribution is 5.56. The van der Waals surface area contributed by atoms with E-state index in [-0.39, 0.29) is 0 Å². The first-order chi connectivity index (χ1) is 12.8. The van der Waals surface area contributed by atoms with E-state index < -0.39 is 0 Å². The monoisotopic (exact) mass is 348 g/mol. The van der Waals surface area contributed by atoms with Gasteiger partial charge in [-0.2, -0.15) is 5.10 Å². The number of morpholine rings is 1. The first kappa shape index (κ1) is 15.9. The summed E-state index contributed by atoms with van der Waals surface area (Å²) in [6.07, 6.45) is 3.93. The summed E-state index contributed by atoms with van der Waals surface area (Å²) in [6.45, 7) is 5.68. The zero-order valence-corrected chi connectivity index (χ0v) is 15.1. The fourth-order valence-electron chi connectivity index (χ4n) is 4.29. The lowest BCUT2D eigenvalue weighted by molar-refractivity contribution is 0.122. The van der Waals surface area contributed by atoms with Crippen molar-refractivity contribution in [1.29, 1.82) is 0 Å². The molecule has 0 amide bonds. The second-order valence-electron chi connectivity index (χ2n) is 7.39. The standard InChI is InChI=1S/C21H24N4O/c1-23-14-17-13-18(24-8-10-26-11-9-24)2-3-20(17)21(15-23)16-5-7-25-19(12-16)4-6-22-25/h2-7,12-13,21H,8-11,14-15H2,1H3. The number of aromatic nitrogens is 2. The molecular formula is C21H24N4O. The average molecular weight is 348 g/mol. The van der Waals surface area contributed by atoms with Gasteiger partial charge in [0.25, 0.3) is 0 Å². The summed E-state index contributed by atoms with van der Waals surface area (Å²) >= 11 is 0. The Morgan fingerprint density at radius 3 is 2.85 bits per heavy atom. The molecule has 5 nitrogen and oxygen atoms in total. The van der Waals surface area contributed by atoms with Crippen molar-refractivity contribution in [2.45, 2.75) is 12.5 Å². The zero-order chi connectivity index (χ0) is 17.5. The van der Waals surface area contributed by atoms with E-state index in [9.17, 15) is 0 Å². The molecule has 3 aromatic rings. The maximum absolute atomic E-state index is 5.50. The molecule has 0 aliphatic carbocycles. The molecule has 26 heavy (non-hydrogen) atoms. The third-order valence-corrected chi connectivity index (χ3v) is 5.64. The number of pyridine rings is 1. The Morgan fingerprint density at radius 2 is 1.96 bits per heavy atom. The van der Waals surface area contributed by atoms with Crippen molar-refractivity contribution < 1.29 is 4.74 Å². The van der Waals surface area contributed by atoms with Crippen LogP contribution in [0.2, 0.25) is 0 Å². The third-order valence-electron chi connectivity index (χ3n) is 5.64. The molecule has 1 fully saturated rings. The molecule has 0 saturated carbocycles. The third kappa shape index (κ3) is 2.77. The minimum atomic E-state index is 0.405. The van der Waals surface area contributed by atoms with Crippen molar-refractivity contribution in [1.82, 2.24) is 14.5 Å². The number of likely N-dealkylation sites (N-methyl/N-ethyl adjacent to an activating group) is 1. The average Bonchev–Trinajstić information content (AvgIpc) is 3.15. The Morgan fingerprint density at radius 1 is 1.08 bits per heavy atom. The van der Waals surface area contributed by atoms with Gasteiger partial charge in [0.05, 0.1) is 18.7 Å². The second kappa shape index (κ2) is 6.41. The van der Waals surface area contributed by atoms with Crippen LogP contribution in [0.4, 0.5) is 5.69 Å². The van der Waals surface area contributed by atoms with Crippen LogP contribution >= 0.6 is 0 Å². The fraction of sp³-hybridized carbons (Fsp3) is 0.381. The maximum atomic E-state index is 5.50. The quantitative estimate of drug-likeness (QED) is 0.713. The van der Waals surface area contributed by atoms with Crippen LogP contribution in [0.3, 0.4) is 0 Å². The minimum absolute atomic E-state index is 0.405. The van der Waals surface area contributed by atoms with E-state index >= 15 is 0 Å². The topological polar surface area (TPSA) is 33.0 Å². The first-order valence-corrected chi connectivity index (χ1v) is 9.35. The van der Waals surface area contributed by atoms with Crippen LogP contribution in [0.15, 0.2) is 48.8 Å². The Kier molecular flexibility index (Phi) is 3.91. The van der Waals surface area contributed by atoms with Gasteiger partial charge in [-0.3, -0.25) is 0 Å². The van der Waals surface area contributed by atoms with Gasteiger partial charge in [-0.25, -0.2) is 4.52 Å². The predicted molar refractivity (Wildman–Crippen MR) is 103 cm³/mol. The molecule has 4 heterocycles. The molecule has 1 saturated heterocycles. The highest BCUT2D eigenvalue weighted by Crippen LogP contribution is 2.35. The molecule has 1 aromatic carbocycles. The van der Waals surface area contributed by atoms with E-state index in [0.717, 1.165) is 44.9 Å². The first-order valence-electron chi connectivity index (χ1n) is 9.35. The van der Waals surface area contributed by atoms with Crippen molar-refractivity contribution in [2.24, 2.45) is 0 Å². The number of rotatable bonds is 2. The molecule has 2 aromatic heterocycles. The van der Waals surface area contributed by atoms with Gasteiger partial charge in [0, 0.05) is 50.2 Å². The lowest BCUT2D eigenvalue weighted by Gasteiger charge is -2.35. The highest BCUT2D eigenvalue weighted by Gasteiger charge is 2.26. The number of benzene rings is 1. The van der Waals surface area contributed by atoms with Crippen LogP contribution in [-0.4, -0.2) is 54.4 Å². The van der Waals surface area contributed by atoms with Crippen LogP contribution in [-0.2, 0) is 11.3 Å². The number of nitrogens with zero attached hydrogens (tertiary/aromatic N) is 4. The molecule has 1 unspecified atom stereocenters. The predicted octanol–water partition coefficient (Wildman–Crippen LogP) is 2.75. The molecule has 1 atom stereocenters. The van der Waals surface area contributed by atoms with Crippen LogP contribution in [0.1, 0.15) is 22.6 Å². The van der Waals surface area contributed by atoms with Crippen molar-refractivity contribution in [3.8, 4) is 0 Å². The van der Waals surface area contributed by atoms with Crippen molar-refractivity contribution in [2.75, 3.05) is 44.8 Å². The normalized spacial score (nSPS) is 21.1. The Hall–Kier alpha value is -2.37. The maximum Gasteiger partial charge on any atom is 0.0664 e. The molecule has 0 bridgehead atoms. The number of hydrogen-bond donors (Lipinski definition) is 0. The summed E-state index contributed by atoms with van der Waals surface area (Å²) in [4.78, 5) is 4.86. The van der Waals surface area contributed by atoms with Crippen molar-refractivity contribution >= 4 is 11.2 Å². The summed E-state index contributed by atoms with van der Waals surface area (Å²) in [5, 5.41) is 4.32. The molecule has 0 N–H and O–H groups in total. The molecule has 2 aliphatic rings. The number of fused-ring (bicyclic) bond motifs is 2. The molecule has 2 aliphatic heterocycles. The smallest absolute Gasteiger partial charge is 0.0664 e. The molecule has 5 rings (SSSR count). The SMILES string of the molecule is CN1Cc2cc(N3CCOCC3)ccc2C(c2ccn3nccc3c2)C1. The van der Waals surface area contributed by atoms with E-state index in [2.05, 4.69) is 64.5 Å². The van der Waals surface area contributed by atoms with Gasteiger partial charge in [-0.15, -0.1) is 0 Å². The fourth-order valence-corrected chi connectivity index (χ4v) is 4.29. The van der Waals surface area contributed by atoms with Crippen LogP contribution < -0.4 is 4.90 Å². The Labute approximate surface area is 153 Å². The summed E-state index contributed by atoms with van der Waals surface area (Å²) in [5.74, 6) is 0.405. The van der Waals surface area contributed by atoms with Crippen LogP contribution in [0.5, 0.6) is 0 Å². The lowest BCUT2D eigenvalue weighted by Crippen LogP contribution is -2.36. The van der Waals surface area contributed by atoms with E-state index in [4.69, 9.17) is 4.74 Å². The van der Waals surface area contributed by atoms with Crippen molar-refractivity contribution in [3.63, 3.8) is 0 Å². The van der Waals surface area contributed by atoms with E-state index in [1.807, 2.05) is 10.7 Å². The van der Waals surface area contributed by atoms with Gasteiger partial charge in [0.2, 0.25) is 0 Å². The largest absolute Gasteiger partial charge is 0.378 e. The van der Waals surface area contributed by atoms with Gasteiger partial charge >= 0.3 is 0 Å². The minimum Gasteiger partial charge on any atom is -0.378 e. The number of ether oxygens (including phenoxy) is 1. The second-order valence-corrected chi connectivity index (χ2v) is 7.39. The summed E-state index contributed by atoms with van der Waals surface area (Å²) in [5.41, 5.74) is 6.75. The zero-order valence-electron chi connectivity index (χ0n) is 15.1. The summed E-state index contributed by atoms with van der Waals surface area (Å²) < 4.78 is 7.43. The summed E-state index contributed by atoms with van der Waals surface area (Å²) in [6, 6.07) is 13.6. The van der Waals surface area contributed by atoms with E-state index in [0.29, 0.717) is 5.92 Å². The number of hydrogen-bond acceptors (Lipinski definition) is 4. The van der Waals surface area contributed by atoms with Gasteiger partial charge in [0.15, 0.2) is 0 Å². The molecule has 134 valence electrons. The Balaban J connectivity index is 1.52. The molecule has 0 radical (unpaired) electrons.